The second-order valence-electron chi connectivity index (χ2n) is 5.79. The summed E-state index contributed by atoms with van der Waals surface area (Å²) in [6.07, 6.45) is 1.47. The first-order valence-electron chi connectivity index (χ1n) is 8.19. The van der Waals surface area contributed by atoms with E-state index in [1.54, 1.807) is 18.2 Å². The molecule has 0 aliphatic carbocycles. The first-order valence-corrected chi connectivity index (χ1v) is 11.6. The number of halogens is 4. The van der Waals surface area contributed by atoms with Crippen LogP contribution in [0, 0.1) is 3.57 Å². The van der Waals surface area contributed by atoms with Crippen molar-refractivity contribution in [1.82, 2.24) is 5.43 Å². The van der Waals surface area contributed by atoms with Gasteiger partial charge in [-0.05, 0) is 90.3 Å². The fourth-order valence-corrected chi connectivity index (χ4v) is 5.50. The van der Waals surface area contributed by atoms with Crippen LogP contribution in [0.1, 0.15) is 16.1 Å². The molecule has 0 unspecified atom stereocenters. The molecule has 11 heteroatoms. The molecule has 1 amide bonds. The predicted molar refractivity (Wildman–Crippen MR) is 131 cm³/mol. The van der Waals surface area contributed by atoms with Gasteiger partial charge in [0.1, 0.15) is 11.3 Å². The van der Waals surface area contributed by atoms with Gasteiger partial charge in [-0.15, -0.1) is 0 Å². The molecule has 30 heavy (non-hydrogen) atoms. The van der Waals surface area contributed by atoms with Crippen molar-refractivity contribution < 1.29 is 23.5 Å². The van der Waals surface area contributed by atoms with Gasteiger partial charge >= 0.3 is 11.9 Å². The van der Waals surface area contributed by atoms with Crippen LogP contribution < -0.4 is 10.2 Å². The van der Waals surface area contributed by atoms with Crippen LogP contribution in [0.3, 0.4) is 0 Å². The molecule has 1 N–H and O–H groups in total. The van der Waals surface area contributed by atoms with Gasteiger partial charge in [-0.2, -0.15) is 5.10 Å². The largest absolute Gasteiger partial charge is 0.480 e. The van der Waals surface area contributed by atoms with E-state index in [-0.39, 0.29) is 12.4 Å². The van der Waals surface area contributed by atoms with Crippen molar-refractivity contribution in [1.29, 1.82) is 0 Å². The Morgan fingerprint density at radius 1 is 1.17 bits per heavy atom. The summed E-state index contributed by atoms with van der Waals surface area (Å²) in [6.45, 7) is -0.218. The number of ether oxygens (including phenoxy) is 2. The van der Waals surface area contributed by atoms with Crippen molar-refractivity contribution >= 4 is 99.4 Å². The van der Waals surface area contributed by atoms with Crippen LogP contribution in [0.5, 0.6) is 5.75 Å². The number of carbonyl (C=O) groups is 2. The van der Waals surface area contributed by atoms with E-state index in [4.69, 9.17) is 9.15 Å². The Labute approximate surface area is 210 Å². The zero-order chi connectivity index (χ0) is 21.8. The Hall–Kier alpha value is -1.44. The molecule has 0 aliphatic heterocycles. The molecule has 0 saturated carbocycles. The summed E-state index contributed by atoms with van der Waals surface area (Å²) in [5.74, 6) is -0.350. The molecule has 0 atom stereocenters. The van der Waals surface area contributed by atoms with E-state index in [2.05, 4.69) is 85.6 Å². The highest BCUT2D eigenvalue weighted by Crippen LogP contribution is 2.34. The lowest BCUT2D eigenvalue weighted by Gasteiger charge is -2.10. The summed E-state index contributed by atoms with van der Waals surface area (Å²) in [5.41, 5.74) is 3.77. The Kier molecular flexibility index (Phi) is 7.93. The average Bonchev–Trinajstić information content (AvgIpc) is 3.11. The summed E-state index contributed by atoms with van der Waals surface area (Å²) < 4.78 is 18.6. The quantitative estimate of drug-likeness (QED) is 0.155. The van der Waals surface area contributed by atoms with E-state index in [0.29, 0.717) is 25.8 Å². The highest BCUT2D eigenvalue weighted by molar-refractivity contribution is 14.1. The molecule has 2 aromatic carbocycles. The first-order chi connectivity index (χ1) is 14.3. The van der Waals surface area contributed by atoms with Gasteiger partial charge in [0.25, 0.3) is 0 Å². The minimum absolute atomic E-state index is 0.159. The van der Waals surface area contributed by atoms with Crippen molar-refractivity contribution in [3.8, 4) is 5.75 Å². The van der Waals surface area contributed by atoms with Gasteiger partial charge in [-0.25, -0.2) is 10.2 Å². The molecule has 3 aromatic rings. The van der Waals surface area contributed by atoms with Gasteiger partial charge < -0.3 is 13.9 Å². The van der Waals surface area contributed by atoms with Crippen LogP contribution in [0.25, 0.3) is 11.0 Å². The molecular weight excluding hydrogens is 703 g/mol. The number of hydrogen-bond acceptors (Lipinski definition) is 6. The lowest BCUT2D eigenvalue weighted by atomic mass is 10.2. The zero-order valence-electron chi connectivity index (χ0n) is 15.2. The molecule has 1 aromatic heterocycles. The summed E-state index contributed by atoms with van der Waals surface area (Å²) >= 11 is 12.3. The number of benzene rings is 2. The highest BCUT2D eigenvalue weighted by Gasteiger charge is 2.14. The Bertz CT molecular complexity index is 1140. The van der Waals surface area contributed by atoms with Crippen molar-refractivity contribution in [3.05, 3.63) is 58.6 Å². The lowest BCUT2D eigenvalue weighted by Crippen LogP contribution is -2.16. The second-order valence-corrected chi connectivity index (χ2v) is 9.58. The number of fused-ring (bicyclic) bond motifs is 1. The summed E-state index contributed by atoms with van der Waals surface area (Å²) in [5, 5.41) is 4.79. The zero-order valence-corrected chi connectivity index (χ0v) is 22.1. The maximum atomic E-state index is 12.4. The number of esters is 1. The number of furan rings is 1. The van der Waals surface area contributed by atoms with Gasteiger partial charge in [0.05, 0.1) is 25.8 Å². The van der Waals surface area contributed by atoms with Crippen LogP contribution in [0.2, 0.25) is 0 Å². The topological polar surface area (TPSA) is 90.1 Å². The van der Waals surface area contributed by atoms with Gasteiger partial charge in [0, 0.05) is 9.86 Å². The maximum Gasteiger partial charge on any atom is 0.343 e. The maximum absolute atomic E-state index is 12.4. The van der Waals surface area contributed by atoms with Crippen LogP contribution in [-0.4, -0.2) is 31.8 Å². The third kappa shape index (κ3) is 5.62. The number of hydrazone groups is 1. The van der Waals surface area contributed by atoms with Gasteiger partial charge in [-0.1, -0.05) is 15.9 Å². The van der Waals surface area contributed by atoms with E-state index in [1.807, 2.05) is 12.1 Å². The molecular formula is C19H12Br3IN2O5. The first kappa shape index (κ1) is 23.2. The summed E-state index contributed by atoms with van der Waals surface area (Å²) in [6, 6.07) is 8.90. The number of hydrogen-bond donors (Lipinski definition) is 1. The Morgan fingerprint density at radius 3 is 2.53 bits per heavy atom. The number of carbonyl (C=O) groups excluding carboxylic acids is 2. The standard InChI is InChI=1S/C19H12Br3IN2O5/c1-28-16(26)8-29-18-12(21)2-9(3-13(18)22)7-24-25-19(27)15-5-10-4-11(20)6-14(23)17(10)30-15/h2-7H,8H2,1H3,(H,25,27)/b24-7-. The highest BCUT2D eigenvalue weighted by atomic mass is 127. The van der Waals surface area contributed by atoms with E-state index >= 15 is 0 Å². The van der Waals surface area contributed by atoms with Crippen molar-refractivity contribution in [3.63, 3.8) is 0 Å². The molecule has 0 fully saturated rings. The molecule has 156 valence electrons. The lowest BCUT2D eigenvalue weighted by molar-refractivity contribution is -0.142. The molecule has 7 nitrogen and oxygen atoms in total. The van der Waals surface area contributed by atoms with Crippen molar-refractivity contribution in [2.75, 3.05) is 13.7 Å². The SMILES string of the molecule is COC(=O)COc1c(Br)cc(/C=N\NC(=O)c2cc3cc(Br)cc(I)c3o2)cc1Br. The number of amides is 1. The molecule has 1 heterocycles. The van der Waals surface area contributed by atoms with E-state index in [9.17, 15) is 9.59 Å². The third-order valence-corrected chi connectivity index (χ3v) is 6.16. The van der Waals surface area contributed by atoms with Gasteiger partial charge in [0.15, 0.2) is 12.4 Å². The smallest absolute Gasteiger partial charge is 0.343 e. The monoisotopic (exact) mass is 712 g/mol. The predicted octanol–water partition coefficient (Wildman–Crippen LogP) is 5.64. The van der Waals surface area contributed by atoms with Crippen LogP contribution in [0.15, 0.2) is 53.3 Å². The number of rotatable bonds is 6. The minimum Gasteiger partial charge on any atom is -0.480 e. The normalized spacial score (nSPS) is 11.1. The Balaban J connectivity index is 1.69. The van der Waals surface area contributed by atoms with Crippen LogP contribution >= 0.6 is 70.4 Å². The van der Waals surface area contributed by atoms with E-state index in [0.717, 1.165) is 13.4 Å². The number of methoxy groups -OCH3 is 1. The van der Waals surface area contributed by atoms with E-state index in [1.165, 1.54) is 13.3 Å². The minimum atomic E-state index is -0.491. The van der Waals surface area contributed by atoms with E-state index < -0.39 is 11.9 Å². The van der Waals surface area contributed by atoms with Crippen LogP contribution in [0.4, 0.5) is 0 Å². The summed E-state index contributed by atoms with van der Waals surface area (Å²) in [4.78, 5) is 23.6. The molecule has 0 spiro atoms. The van der Waals surface area contributed by atoms with Crippen molar-refractivity contribution in [2.24, 2.45) is 5.10 Å². The number of nitrogens with one attached hydrogen (secondary N) is 1. The van der Waals surface area contributed by atoms with Gasteiger partial charge in [-0.3, -0.25) is 4.79 Å². The average molecular weight is 715 g/mol. The molecule has 0 radical (unpaired) electrons. The summed E-state index contributed by atoms with van der Waals surface area (Å²) in [7, 11) is 1.29. The Morgan fingerprint density at radius 2 is 1.87 bits per heavy atom. The molecule has 0 bridgehead atoms. The molecule has 3 rings (SSSR count). The van der Waals surface area contributed by atoms with Gasteiger partial charge in [0.2, 0.25) is 0 Å². The molecule has 0 aliphatic rings. The molecule has 0 saturated heterocycles. The van der Waals surface area contributed by atoms with Crippen molar-refractivity contribution in [2.45, 2.75) is 0 Å². The fraction of sp³-hybridized carbons (Fsp3) is 0.105. The fourth-order valence-electron chi connectivity index (χ4n) is 2.39. The van der Waals surface area contributed by atoms with Crippen LogP contribution in [-0.2, 0) is 9.53 Å². The second kappa shape index (κ2) is 10.2. The number of nitrogens with zero attached hydrogens (tertiary/aromatic N) is 1. The third-order valence-electron chi connectivity index (χ3n) is 3.72.